The summed E-state index contributed by atoms with van der Waals surface area (Å²) in [6.07, 6.45) is 4.11. The van der Waals surface area contributed by atoms with Crippen LogP contribution in [-0.4, -0.2) is 18.0 Å². The van der Waals surface area contributed by atoms with E-state index in [0.717, 1.165) is 11.4 Å². The molecule has 0 aromatic heterocycles. The number of hydrogen-bond acceptors (Lipinski definition) is 2. The summed E-state index contributed by atoms with van der Waals surface area (Å²) in [6, 6.07) is 6.50. The lowest BCUT2D eigenvalue weighted by Crippen LogP contribution is -2.29. The molecule has 1 aromatic carbocycles. The second-order valence-electron chi connectivity index (χ2n) is 4.47. The van der Waals surface area contributed by atoms with Gasteiger partial charge in [-0.3, -0.25) is 4.90 Å². The summed E-state index contributed by atoms with van der Waals surface area (Å²) < 4.78 is 0. The van der Waals surface area contributed by atoms with E-state index in [1.807, 2.05) is 0 Å². The van der Waals surface area contributed by atoms with E-state index < -0.39 is 0 Å². The Kier molecular flexibility index (Phi) is 3.71. The van der Waals surface area contributed by atoms with Gasteiger partial charge in [0.15, 0.2) is 0 Å². The number of nitrogens with zero attached hydrogens (tertiary/aromatic N) is 1. The standard InChI is InChI=1S/C13H19NS/c1-11-5-6-13(15)12(9-11)10-14-7-3-2-4-8-14/h5-6,9,15H,2-4,7-8,10H2,1H3. The Labute approximate surface area is 97.9 Å². The Hall–Kier alpha value is -0.470. The lowest BCUT2D eigenvalue weighted by Gasteiger charge is -2.27. The third-order valence-electron chi connectivity index (χ3n) is 3.08. The summed E-state index contributed by atoms with van der Waals surface area (Å²) in [7, 11) is 0. The summed E-state index contributed by atoms with van der Waals surface area (Å²) in [5.41, 5.74) is 2.71. The highest BCUT2D eigenvalue weighted by Crippen LogP contribution is 2.19. The van der Waals surface area contributed by atoms with Crippen molar-refractivity contribution < 1.29 is 0 Å². The van der Waals surface area contributed by atoms with Gasteiger partial charge in [0.1, 0.15) is 0 Å². The van der Waals surface area contributed by atoms with Gasteiger partial charge in [-0.15, -0.1) is 12.6 Å². The first-order valence-electron chi connectivity index (χ1n) is 5.76. The lowest BCUT2D eigenvalue weighted by atomic mass is 10.1. The minimum atomic E-state index is 1.07. The molecule has 1 nitrogen and oxygen atoms in total. The van der Waals surface area contributed by atoms with E-state index in [0.29, 0.717) is 0 Å². The van der Waals surface area contributed by atoms with Crippen LogP contribution in [0, 0.1) is 6.92 Å². The molecule has 0 bridgehead atoms. The molecule has 1 aliphatic rings. The van der Waals surface area contributed by atoms with Crippen LogP contribution in [0.15, 0.2) is 23.1 Å². The highest BCUT2D eigenvalue weighted by Gasteiger charge is 2.11. The zero-order chi connectivity index (χ0) is 10.7. The van der Waals surface area contributed by atoms with Crippen LogP contribution in [0.3, 0.4) is 0 Å². The van der Waals surface area contributed by atoms with Crippen LogP contribution in [-0.2, 0) is 6.54 Å². The van der Waals surface area contributed by atoms with Crippen molar-refractivity contribution in [3.05, 3.63) is 29.3 Å². The van der Waals surface area contributed by atoms with Gasteiger partial charge >= 0.3 is 0 Å². The lowest BCUT2D eigenvalue weighted by molar-refractivity contribution is 0.219. The summed E-state index contributed by atoms with van der Waals surface area (Å²) in [6.45, 7) is 5.72. The largest absolute Gasteiger partial charge is 0.299 e. The summed E-state index contributed by atoms with van der Waals surface area (Å²) in [4.78, 5) is 3.67. The Balaban J connectivity index is 2.05. The van der Waals surface area contributed by atoms with E-state index in [2.05, 4.69) is 42.7 Å². The van der Waals surface area contributed by atoms with Gasteiger partial charge in [0.25, 0.3) is 0 Å². The van der Waals surface area contributed by atoms with Crippen molar-refractivity contribution >= 4 is 12.6 Å². The van der Waals surface area contributed by atoms with Gasteiger partial charge in [-0.05, 0) is 44.5 Å². The third kappa shape index (κ3) is 2.99. The predicted molar refractivity (Wildman–Crippen MR) is 67.6 cm³/mol. The van der Waals surface area contributed by atoms with Crippen LogP contribution >= 0.6 is 12.6 Å². The number of benzene rings is 1. The fourth-order valence-corrected chi connectivity index (χ4v) is 2.41. The molecular formula is C13H19NS. The molecular weight excluding hydrogens is 202 g/mol. The molecule has 0 amide bonds. The normalized spacial score (nSPS) is 18.0. The molecule has 0 saturated carbocycles. The van der Waals surface area contributed by atoms with Crippen molar-refractivity contribution in [2.75, 3.05) is 13.1 Å². The Bertz CT molecular complexity index is 329. The average molecular weight is 221 g/mol. The summed E-state index contributed by atoms with van der Waals surface area (Å²) >= 11 is 4.52. The smallest absolute Gasteiger partial charge is 0.0244 e. The Morgan fingerprint density at radius 2 is 1.93 bits per heavy atom. The van der Waals surface area contributed by atoms with E-state index in [4.69, 9.17) is 0 Å². The van der Waals surface area contributed by atoms with Crippen LogP contribution in [0.4, 0.5) is 0 Å². The van der Waals surface area contributed by atoms with Crippen LogP contribution in [0.25, 0.3) is 0 Å². The van der Waals surface area contributed by atoms with Crippen LogP contribution in [0.5, 0.6) is 0 Å². The van der Waals surface area contributed by atoms with Gasteiger partial charge < -0.3 is 0 Å². The molecule has 1 saturated heterocycles. The maximum atomic E-state index is 4.52. The molecule has 0 N–H and O–H groups in total. The molecule has 2 heteroatoms. The van der Waals surface area contributed by atoms with Crippen molar-refractivity contribution in [1.29, 1.82) is 0 Å². The van der Waals surface area contributed by atoms with Gasteiger partial charge in [0.05, 0.1) is 0 Å². The van der Waals surface area contributed by atoms with Crippen molar-refractivity contribution in [2.45, 2.75) is 37.6 Å². The Morgan fingerprint density at radius 3 is 2.67 bits per heavy atom. The fraction of sp³-hybridized carbons (Fsp3) is 0.538. The Morgan fingerprint density at radius 1 is 1.20 bits per heavy atom. The number of thiol groups is 1. The molecule has 82 valence electrons. The van der Waals surface area contributed by atoms with Gasteiger partial charge in [0, 0.05) is 11.4 Å². The second kappa shape index (κ2) is 5.04. The van der Waals surface area contributed by atoms with Gasteiger partial charge in [-0.25, -0.2) is 0 Å². The van der Waals surface area contributed by atoms with Crippen molar-refractivity contribution in [1.82, 2.24) is 4.90 Å². The highest BCUT2D eigenvalue weighted by molar-refractivity contribution is 7.80. The molecule has 0 radical (unpaired) electrons. The first-order valence-corrected chi connectivity index (χ1v) is 6.21. The van der Waals surface area contributed by atoms with E-state index in [1.165, 1.54) is 43.5 Å². The maximum absolute atomic E-state index is 4.52. The predicted octanol–water partition coefficient (Wildman–Crippen LogP) is 3.27. The molecule has 0 spiro atoms. The molecule has 0 aliphatic carbocycles. The van der Waals surface area contributed by atoms with Gasteiger partial charge in [-0.2, -0.15) is 0 Å². The molecule has 1 fully saturated rings. The number of piperidine rings is 1. The van der Waals surface area contributed by atoms with Crippen molar-refractivity contribution in [3.63, 3.8) is 0 Å². The van der Waals surface area contributed by atoms with Crippen LogP contribution < -0.4 is 0 Å². The third-order valence-corrected chi connectivity index (χ3v) is 3.51. The van der Waals surface area contributed by atoms with E-state index in [-0.39, 0.29) is 0 Å². The number of aryl methyl sites for hydroxylation is 1. The average Bonchev–Trinajstić information content (AvgIpc) is 2.25. The molecule has 2 rings (SSSR count). The van der Waals surface area contributed by atoms with Crippen molar-refractivity contribution in [3.8, 4) is 0 Å². The van der Waals surface area contributed by atoms with E-state index in [9.17, 15) is 0 Å². The molecule has 15 heavy (non-hydrogen) atoms. The topological polar surface area (TPSA) is 3.24 Å². The summed E-state index contributed by atoms with van der Waals surface area (Å²) in [5, 5.41) is 0. The van der Waals surface area contributed by atoms with Gasteiger partial charge in [0.2, 0.25) is 0 Å². The molecule has 1 heterocycles. The minimum absolute atomic E-state index is 1.07. The number of rotatable bonds is 2. The second-order valence-corrected chi connectivity index (χ2v) is 4.95. The van der Waals surface area contributed by atoms with Gasteiger partial charge in [-0.1, -0.05) is 24.1 Å². The summed E-state index contributed by atoms with van der Waals surface area (Å²) in [5.74, 6) is 0. The van der Waals surface area contributed by atoms with Crippen LogP contribution in [0.1, 0.15) is 30.4 Å². The quantitative estimate of drug-likeness (QED) is 0.750. The van der Waals surface area contributed by atoms with Crippen molar-refractivity contribution in [2.24, 2.45) is 0 Å². The SMILES string of the molecule is Cc1ccc(S)c(CN2CCCCC2)c1. The number of hydrogen-bond donors (Lipinski definition) is 1. The first-order chi connectivity index (χ1) is 7.25. The minimum Gasteiger partial charge on any atom is -0.299 e. The molecule has 0 atom stereocenters. The monoisotopic (exact) mass is 221 g/mol. The zero-order valence-corrected chi connectivity index (χ0v) is 10.3. The molecule has 1 aliphatic heterocycles. The highest BCUT2D eigenvalue weighted by atomic mass is 32.1. The molecule has 0 unspecified atom stereocenters. The first kappa shape index (κ1) is 11.0. The van der Waals surface area contributed by atoms with Crippen LogP contribution in [0.2, 0.25) is 0 Å². The van der Waals surface area contributed by atoms with E-state index in [1.54, 1.807) is 0 Å². The zero-order valence-electron chi connectivity index (χ0n) is 9.37. The van der Waals surface area contributed by atoms with E-state index >= 15 is 0 Å². The fourth-order valence-electron chi connectivity index (χ4n) is 2.20. The number of likely N-dealkylation sites (tertiary alicyclic amines) is 1. The maximum Gasteiger partial charge on any atom is 0.0244 e. The molecule has 1 aromatic rings.